The number of amides is 1. The Morgan fingerprint density at radius 3 is 2.67 bits per heavy atom. The van der Waals surface area contributed by atoms with Crippen LogP contribution in [-0.2, 0) is 21.9 Å². The molecule has 6 nitrogen and oxygen atoms in total. The van der Waals surface area contributed by atoms with Crippen molar-refractivity contribution in [3.05, 3.63) is 30.5 Å². The summed E-state index contributed by atoms with van der Waals surface area (Å²) in [5, 5.41) is 3.82. The highest BCUT2D eigenvalue weighted by molar-refractivity contribution is 7.89. The van der Waals surface area contributed by atoms with Crippen LogP contribution >= 0.6 is 0 Å². The van der Waals surface area contributed by atoms with Gasteiger partial charge in [0.25, 0.3) is 0 Å². The predicted octanol–water partition coefficient (Wildman–Crippen LogP) is 1.40. The molecule has 2 rings (SSSR count). The Morgan fingerprint density at radius 2 is 2.00 bits per heavy atom. The van der Waals surface area contributed by atoms with Crippen molar-refractivity contribution in [3.8, 4) is 0 Å². The van der Waals surface area contributed by atoms with Gasteiger partial charge in [-0.2, -0.15) is 0 Å². The summed E-state index contributed by atoms with van der Waals surface area (Å²) in [4.78, 5) is 11.8. The molecule has 0 saturated carbocycles. The third-order valence-electron chi connectivity index (χ3n) is 3.32. The normalized spacial score (nSPS) is 12.0. The van der Waals surface area contributed by atoms with Crippen molar-refractivity contribution in [2.24, 2.45) is 7.05 Å². The van der Waals surface area contributed by atoms with Crippen LogP contribution in [-0.4, -0.2) is 43.0 Å². The van der Waals surface area contributed by atoms with E-state index in [2.05, 4.69) is 5.32 Å². The Balaban J connectivity index is 2.03. The van der Waals surface area contributed by atoms with Crippen molar-refractivity contribution in [1.29, 1.82) is 0 Å². The lowest BCUT2D eigenvalue weighted by Crippen LogP contribution is -2.27. The number of hydrogen-bond donors (Lipinski definition) is 1. The highest BCUT2D eigenvalue weighted by Crippen LogP contribution is 2.19. The van der Waals surface area contributed by atoms with Crippen molar-refractivity contribution in [1.82, 2.24) is 8.87 Å². The van der Waals surface area contributed by atoms with Crippen LogP contribution < -0.4 is 5.32 Å². The third-order valence-corrected chi connectivity index (χ3v) is 5.15. The Bertz CT molecular complexity index is 763. The number of rotatable bonds is 5. The maximum absolute atomic E-state index is 11.8. The largest absolute Gasteiger partial charge is 0.350 e. The molecule has 114 valence electrons. The van der Waals surface area contributed by atoms with Gasteiger partial charge in [0.1, 0.15) is 0 Å². The van der Waals surface area contributed by atoms with Gasteiger partial charge < -0.3 is 9.88 Å². The first kappa shape index (κ1) is 15.5. The molecule has 0 atom stereocenters. The van der Waals surface area contributed by atoms with E-state index in [0.29, 0.717) is 5.69 Å². The molecule has 0 unspecified atom stereocenters. The molecule has 0 bridgehead atoms. The summed E-state index contributed by atoms with van der Waals surface area (Å²) in [6.07, 6.45) is 1.88. The van der Waals surface area contributed by atoms with Crippen LogP contribution in [0.5, 0.6) is 0 Å². The summed E-state index contributed by atoms with van der Waals surface area (Å²) < 4.78 is 26.3. The van der Waals surface area contributed by atoms with E-state index in [1.54, 1.807) is 6.07 Å². The van der Waals surface area contributed by atoms with E-state index in [4.69, 9.17) is 0 Å². The molecule has 0 spiro atoms. The van der Waals surface area contributed by atoms with Gasteiger partial charge in [-0.25, -0.2) is 12.7 Å². The van der Waals surface area contributed by atoms with Crippen molar-refractivity contribution < 1.29 is 13.2 Å². The second-order valence-corrected chi connectivity index (χ2v) is 7.40. The van der Waals surface area contributed by atoms with Gasteiger partial charge in [-0.15, -0.1) is 0 Å². The highest BCUT2D eigenvalue weighted by Gasteiger charge is 2.16. The van der Waals surface area contributed by atoms with E-state index in [1.807, 2.05) is 36.0 Å². The number of carbonyl (C=O) groups is 1. The van der Waals surface area contributed by atoms with Gasteiger partial charge in [0.2, 0.25) is 15.9 Å². The second-order valence-electron chi connectivity index (χ2n) is 5.10. The summed E-state index contributed by atoms with van der Waals surface area (Å²) in [6, 6.07) is 7.58. The molecule has 2 aromatic rings. The first-order valence-electron chi connectivity index (χ1n) is 6.55. The average molecular weight is 309 g/mol. The van der Waals surface area contributed by atoms with Crippen LogP contribution in [0.25, 0.3) is 10.9 Å². The SMILES string of the molecule is CN(C)S(=O)(=O)CCC(=O)Nc1ccc2ccn(C)c2c1. The lowest BCUT2D eigenvalue weighted by atomic mass is 10.2. The van der Waals surface area contributed by atoms with E-state index in [9.17, 15) is 13.2 Å². The number of sulfonamides is 1. The van der Waals surface area contributed by atoms with Crippen molar-refractivity contribution >= 4 is 32.5 Å². The first-order chi connectivity index (χ1) is 9.79. The maximum Gasteiger partial charge on any atom is 0.225 e. The van der Waals surface area contributed by atoms with Gasteiger partial charge >= 0.3 is 0 Å². The molecule has 7 heteroatoms. The number of aryl methyl sites for hydroxylation is 1. The smallest absolute Gasteiger partial charge is 0.225 e. The number of anilines is 1. The topological polar surface area (TPSA) is 71.4 Å². The summed E-state index contributed by atoms with van der Waals surface area (Å²) >= 11 is 0. The van der Waals surface area contributed by atoms with Gasteiger partial charge in [-0.05, 0) is 23.6 Å². The Hall–Kier alpha value is -1.86. The fourth-order valence-electron chi connectivity index (χ4n) is 1.97. The quantitative estimate of drug-likeness (QED) is 0.907. The van der Waals surface area contributed by atoms with Crippen LogP contribution in [0.3, 0.4) is 0 Å². The van der Waals surface area contributed by atoms with Gasteiger partial charge in [0, 0.05) is 45.0 Å². The molecule has 1 N–H and O–H groups in total. The van der Waals surface area contributed by atoms with Gasteiger partial charge in [-0.3, -0.25) is 4.79 Å². The number of carbonyl (C=O) groups excluding carboxylic acids is 1. The Labute approximate surface area is 124 Å². The van der Waals surface area contributed by atoms with Crippen molar-refractivity contribution in [2.45, 2.75) is 6.42 Å². The summed E-state index contributed by atoms with van der Waals surface area (Å²) in [5.74, 6) is -0.507. The number of aromatic nitrogens is 1. The fourth-order valence-corrected chi connectivity index (χ4v) is 2.78. The minimum absolute atomic E-state index is 0.0638. The number of nitrogens with zero attached hydrogens (tertiary/aromatic N) is 2. The van der Waals surface area contributed by atoms with E-state index in [1.165, 1.54) is 14.1 Å². The average Bonchev–Trinajstić information content (AvgIpc) is 2.78. The minimum Gasteiger partial charge on any atom is -0.350 e. The predicted molar refractivity (Wildman–Crippen MR) is 83.6 cm³/mol. The van der Waals surface area contributed by atoms with Crippen molar-refractivity contribution in [3.63, 3.8) is 0 Å². The molecular weight excluding hydrogens is 290 g/mol. The first-order valence-corrected chi connectivity index (χ1v) is 8.15. The molecule has 0 radical (unpaired) electrons. The standard InChI is InChI=1S/C14H19N3O3S/c1-16(2)21(19,20)9-7-14(18)15-12-5-4-11-6-8-17(3)13(11)10-12/h4-6,8,10H,7,9H2,1-3H3,(H,15,18). The lowest BCUT2D eigenvalue weighted by Gasteiger charge is -2.11. The number of benzene rings is 1. The molecule has 21 heavy (non-hydrogen) atoms. The molecule has 1 heterocycles. The number of hydrogen-bond acceptors (Lipinski definition) is 3. The zero-order valence-electron chi connectivity index (χ0n) is 12.3. The van der Waals surface area contributed by atoms with Gasteiger partial charge in [0.15, 0.2) is 0 Å². The van der Waals surface area contributed by atoms with Crippen LogP contribution in [0.15, 0.2) is 30.5 Å². The molecule has 1 amide bonds. The molecule has 0 aliphatic carbocycles. The van der Waals surface area contributed by atoms with Crippen LogP contribution in [0.1, 0.15) is 6.42 Å². The van der Waals surface area contributed by atoms with E-state index in [-0.39, 0.29) is 18.1 Å². The lowest BCUT2D eigenvalue weighted by molar-refractivity contribution is -0.115. The monoisotopic (exact) mass is 309 g/mol. The molecule has 0 aliphatic heterocycles. The molecule has 1 aromatic carbocycles. The maximum atomic E-state index is 11.8. The van der Waals surface area contributed by atoms with Crippen LogP contribution in [0.2, 0.25) is 0 Å². The zero-order valence-corrected chi connectivity index (χ0v) is 13.1. The number of fused-ring (bicyclic) bond motifs is 1. The molecular formula is C14H19N3O3S. The molecule has 1 aromatic heterocycles. The summed E-state index contributed by atoms with van der Waals surface area (Å²) in [5.41, 5.74) is 1.67. The second kappa shape index (κ2) is 5.87. The molecule has 0 aliphatic rings. The van der Waals surface area contributed by atoms with E-state index < -0.39 is 10.0 Å². The van der Waals surface area contributed by atoms with E-state index in [0.717, 1.165) is 15.2 Å². The van der Waals surface area contributed by atoms with Gasteiger partial charge in [-0.1, -0.05) is 6.07 Å². The molecule has 0 saturated heterocycles. The van der Waals surface area contributed by atoms with Crippen LogP contribution in [0.4, 0.5) is 5.69 Å². The Kier molecular flexibility index (Phi) is 4.34. The van der Waals surface area contributed by atoms with Crippen molar-refractivity contribution in [2.75, 3.05) is 25.2 Å². The molecule has 0 fully saturated rings. The fraction of sp³-hybridized carbons (Fsp3) is 0.357. The summed E-state index contributed by atoms with van der Waals surface area (Å²) in [6.45, 7) is 0. The van der Waals surface area contributed by atoms with E-state index >= 15 is 0 Å². The third kappa shape index (κ3) is 3.62. The van der Waals surface area contributed by atoms with Crippen LogP contribution in [0, 0.1) is 0 Å². The number of nitrogens with one attached hydrogen (secondary N) is 1. The minimum atomic E-state index is -3.35. The summed E-state index contributed by atoms with van der Waals surface area (Å²) in [7, 11) is 1.49. The van der Waals surface area contributed by atoms with Gasteiger partial charge in [0.05, 0.1) is 5.75 Å². The zero-order chi connectivity index (χ0) is 15.6. The Morgan fingerprint density at radius 1 is 1.29 bits per heavy atom. The highest BCUT2D eigenvalue weighted by atomic mass is 32.2.